The van der Waals surface area contributed by atoms with Crippen LogP contribution in [0.1, 0.15) is 34.1 Å². The Hall–Kier alpha value is -1.71. The second-order valence-electron chi connectivity index (χ2n) is 6.02. The second-order valence-corrected chi connectivity index (χ2v) is 6.02. The van der Waals surface area contributed by atoms with E-state index in [1.54, 1.807) is 0 Å². The van der Waals surface area contributed by atoms with Crippen molar-refractivity contribution in [1.29, 1.82) is 0 Å². The second kappa shape index (κ2) is 9.43. The highest BCUT2D eigenvalue weighted by atomic mass is 16.4. The molecule has 7 N–H and O–H groups in total. The number of hydrogen-bond acceptors (Lipinski definition) is 6. The highest BCUT2D eigenvalue weighted by molar-refractivity contribution is 5.92. The van der Waals surface area contributed by atoms with Gasteiger partial charge in [-0.1, -0.05) is 13.8 Å². The lowest BCUT2D eigenvalue weighted by atomic mass is 10.0. The predicted molar refractivity (Wildman–Crippen MR) is 82.3 cm³/mol. The molecular weight excluding hydrogens is 306 g/mol. The number of nitrogens with one attached hydrogen (secondary N) is 2. The smallest absolute Gasteiger partial charge is 0.328 e. The Labute approximate surface area is 135 Å². The molecule has 9 nitrogen and oxygen atoms in total. The molecule has 0 aliphatic heterocycles. The lowest BCUT2D eigenvalue weighted by Gasteiger charge is -2.25. The number of aliphatic carboxylic acids is 1. The van der Waals surface area contributed by atoms with Crippen molar-refractivity contribution < 1.29 is 29.7 Å². The van der Waals surface area contributed by atoms with Crippen LogP contribution < -0.4 is 16.4 Å². The Morgan fingerprint density at radius 1 is 0.957 bits per heavy atom. The van der Waals surface area contributed by atoms with Crippen LogP contribution in [0.15, 0.2) is 0 Å². The quantitative estimate of drug-likeness (QED) is 0.289. The Balaban J connectivity index is 5.05. The summed E-state index contributed by atoms with van der Waals surface area (Å²) in [5, 5.41) is 32.3. The van der Waals surface area contributed by atoms with E-state index in [4.69, 9.17) is 10.8 Å². The van der Waals surface area contributed by atoms with Gasteiger partial charge in [0, 0.05) is 0 Å². The summed E-state index contributed by atoms with van der Waals surface area (Å²) in [7, 11) is 0. The van der Waals surface area contributed by atoms with Gasteiger partial charge in [-0.3, -0.25) is 9.59 Å². The fraction of sp³-hybridized carbons (Fsp3) is 0.786. The fourth-order valence-electron chi connectivity index (χ4n) is 1.83. The van der Waals surface area contributed by atoms with Crippen LogP contribution in [-0.4, -0.2) is 63.4 Å². The lowest BCUT2D eigenvalue weighted by molar-refractivity contribution is -0.145. The number of rotatable bonds is 9. The third kappa shape index (κ3) is 7.40. The summed E-state index contributed by atoms with van der Waals surface area (Å²) >= 11 is 0. The minimum Gasteiger partial charge on any atom is -0.480 e. The number of hydrogen-bond donors (Lipinski definition) is 6. The molecule has 0 spiro atoms. The van der Waals surface area contributed by atoms with E-state index >= 15 is 0 Å². The van der Waals surface area contributed by atoms with Gasteiger partial charge in [-0.05, 0) is 26.2 Å². The molecule has 2 amide bonds. The van der Waals surface area contributed by atoms with Crippen molar-refractivity contribution in [3.63, 3.8) is 0 Å². The van der Waals surface area contributed by atoms with Crippen LogP contribution in [0, 0.1) is 5.92 Å². The zero-order valence-electron chi connectivity index (χ0n) is 13.8. The number of aliphatic hydroxyl groups excluding tert-OH is 2. The van der Waals surface area contributed by atoms with Crippen LogP contribution >= 0.6 is 0 Å². The molecule has 5 atom stereocenters. The summed E-state index contributed by atoms with van der Waals surface area (Å²) in [4.78, 5) is 35.1. The van der Waals surface area contributed by atoms with Crippen molar-refractivity contribution >= 4 is 17.8 Å². The monoisotopic (exact) mass is 333 g/mol. The molecule has 0 rings (SSSR count). The van der Waals surface area contributed by atoms with Crippen LogP contribution in [0.4, 0.5) is 0 Å². The van der Waals surface area contributed by atoms with Crippen LogP contribution in [0.25, 0.3) is 0 Å². The Morgan fingerprint density at radius 2 is 1.48 bits per heavy atom. The highest BCUT2D eigenvalue weighted by Crippen LogP contribution is 2.07. The summed E-state index contributed by atoms with van der Waals surface area (Å²) in [5.74, 6) is -2.81. The normalized spacial score (nSPS) is 17.7. The third-order valence-electron chi connectivity index (χ3n) is 3.21. The molecule has 134 valence electrons. The average Bonchev–Trinajstić information content (AvgIpc) is 2.41. The van der Waals surface area contributed by atoms with Gasteiger partial charge in [0.1, 0.15) is 12.1 Å². The maximum Gasteiger partial charge on any atom is 0.328 e. The van der Waals surface area contributed by atoms with Gasteiger partial charge in [0.05, 0.1) is 12.2 Å². The summed E-state index contributed by atoms with van der Waals surface area (Å²) in [6, 6.07) is -3.71. The largest absolute Gasteiger partial charge is 0.480 e. The van der Waals surface area contributed by atoms with Crippen molar-refractivity contribution in [3.8, 4) is 0 Å². The van der Waals surface area contributed by atoms with E-state index in [0.29, 0.717) is 0 Å². The highest BCUT2D eigenvalue weighted by Gasteiger charge is 2.31. The molecule has 0 aliphatic carbocycles. The van der Waals surface area contributed by atoms with Gasteiger partial charge in [0.15, 0.2) is 6.04 Å². The molecule has 0 bridgehead atoms. The minimum atomic E-state index is -1.49. The topological polar surface area (TPSA) is 162 Å². The average molecular weight is 333 g/mol. The molecule has 0 saturated carbocycles. The van der Waals surface area contributed by atoms with Crippen molar-refractivity contribution in [2.75, 3.05) is 0 Å². The molecule has 9 heteroatoms. The lowest BCUT2D eigenvalue weighted by Crippen LogP contribution is -2.58. The molecule has 0 aromatic rings. The number of carboxylic acid groups (broad SMARTS) is 1. The zero-order chi connectivity index (χ0) is 18.3. The first kappa shape index (κ1) is 21.3. The molecule has 0 aromatic heterocycles. The fourth-order valence-corrected chi connectivity index (χ4v) is 1.83. The maximum absolute atomic E-state index is 12.2. The number of nitrogens with two attached hydrogens (primary N) is 1. The van der Waals surface area contributed by atoms with E-state index < -0.39 is 48.1 Å². The van der Waals surface area contributed by atoms with Gasteiger partial charge in [-0.25, -0.2) is 4.79 Å². The summed E-state index contributed by atoms with van der Waals surface area (Å²) in [6.07, 6.45) is -2.15. The summed E-state index contributed by atoms with van der Waals surface area (Å²) in [5.41, 5.74) is 5.51. The predicted octanol–water partition coefficient (Wildman–Crippen LogP) is -1.82. The van der Waals surface area contributed by atoms with E-state index in [1.807, 2.05) is 13.8 Å². The van der Waals surface area contributed by atoms with Gasteiger partial charge < -0.3 is 31.7 Å². The molecule has 0 saturated heterocycles. The molecule has 0 heterocycles. The van der Waals surface area contributed by atoms with Crippen molar-refractivity contribution in [2.24, 2.45) is 11.7 Å². The van der Waals surface area contributed by atoms with Gasteiger partial charge in [0.25, 0.3) is 0 Å². The van der Waals surface area contributed by atoms with Crippen molar-refractivity contribution in [1.82, 2.24) is 10.6 Å². The first-order valence-corrected chi connectivity index (χ1v) is 7.42. The van der Waals surface area contributed by atoms with Crippen LogP contribution in [0.3, 0.4) is 0 Å². The molecule has 0 unspecified atom stereocenters. The number of amides is 2. The molecule has 0 fully saturated rings. The summed E-state index contributed by atoms with van der Waals surface area (Å²) in [6.45, 7) is 6.23. The standard InChI is InChI=1S/C14H27N3O6/c1-6(2)5-9(16-13(21)10(15)7(3)18)12(20)17-11(8(4)19)14(22)23/h6-11,18-19H,5,15H2,1-4H3,(H,16,21)(H,17,20)(H,22,23)/t7-,8-,9+,10+,11+/m1/s1. The number of carbonyl (C=O) groups is 3. The maximum atomic E-state index is 12.2. The van der Waals surface area contributed by atoms with Gasteiger partial charge >= 0.3 is 5.97 Å². The van der Waals surface area contributed by atoms with E-state index in [-0.39, 0.29) is 12.3 Å². The van der Waals surface area contributed by atoms with Crippen molar-refractivity contribution in [3.05, 3.63) is 0 Å². The minimum absolute atomic E-state index is 0.0312. The number of carbonyl (C=O) groups excluding carboxylic acids is 2. The Morgan fingerprint density at radius 3 is 1.83 bits per heavy atom. The van der Waals surface area contributed by atoms with Crippen LogP contribution in [0.2, 0.25) is 0 Å². The number of carboxylic acids is 1. The Kier molecular flexibility index (Phi) is 8.73. The van der Waals surface area contributed by atoms with E-state index in [2.05, 4.69) is 10.6 Å². The van der Waals surface area contributed by atoms with Gasteiger partial charge in [-0.15, -0.1) is 0 Å². The van der Waals surface area contributed by atoms with Crippen LogP contribution in [0.5, 0.6) is 0 Å². The van der Waals surface area contributed by atoms with Crippen molar-refractivity contribution in [2.45, 2.75) is 64.4 Å². The zero-order valence-corrected chi connectivity index (χ0v) is 13.8. The molecule has 0 aliphatic rings. The van der Waals surface area contributed by atoms with Gasteiger partial charge in [-0.2, -0.15) is 0 Å². The first-order valence-electron chi connectivity index (χ1n) is 7.42. The molecule has 0 aromatic carbocycles. The molecule has 23 heavy (non-hydrogen) atoms. The third-order valence-corrected chi connectivity index (χ3v) is 3.21. The van der Waals surface area contributed by atoms with E-state index in [9.17, 15) is 24.6 Å². The SMILES string of the molecule is CC(C)C[C@H](NC(=O)[C@@H](N)[C@@H](C)O)C(=O)N[C@H](C(=O)O)[C@@H](C)O. The number of aliphatic hydroxyl groups is 2. The molecular formula is C14H27N3O6. The first-order chi connectivity index (χ1) is 10.5. The van der Waals surface area contributed by atoms with Crippen LogP contribution in [-0.2, 0) is 14.4 Å². The van der Waals surface area contributed by atoms with E-state index in [0.717, 1.165) is 0 Å². The Bertz CT molecular complexity index is 425. The molecule has 0 radical (unpaired) electrons. The van der Waals surface area contributed by atoms with E-state index in [1.165, 1.54) is 13.8 Å². The van der Waals surface area contributed by atoms with Gasteiger partial charge in [0.2, 0.25) is 11.8 Å². The summed E-state index contributed by atoms with van der Waals surface area (Å²) < 4.78 is 0.